The fourth-order valence-electron chi connectivity index (χ4n) is 5.19. The Labute approximate surface area is 195 Å². The number of phenolic OH excluding ortho intramolecular Hbond substituents is 1. The Hall–Kier alpha value is -0.963. The summed E-state index contributed by atoms with van der Waals surface area (Å²) >= 11 is 0. The summed E-state index contributed by atoms with van der Waals surface area (Å²) in [5.41, 5.74) is 0.502. The van der Waals surface area contributed by atoms with Gasteiger partial charge in [-0.1, -0.05) is 39.0 Å². The molecule has 1 aromatic rings. The van der Waals surface area contributed by atoms with Crippen LogP contribution in [0.25, 0.3) is 0 Å². The van der Waals surface area contributed by atoms with Crippen molar-refractivity contribution in [2.24, 2.45) is 11.3 Å². The molecular weight excluding hydrogens is 422 g/mol. The summed E-state index contributed by atoms with van der Waals surface area (Å²) in [6.45, 7) is 13.5. The normalized spacial score (nSPS) is 29.3. The fraction of sp³-hybridized carbons (Fsp3) is 0.760. The third-order valence-electron chi connectivity index (χ3n) is 8.10. The lowest BCUT2D eigenvalue weighted by atomic mass is 9.63. The molecule has 1 aliphatic carbocycles. The van der Waals surface area contributed by atoms with Crippen LogP contribution in [0.15, 0.2) is 24.3 Å². The zero-order valence-electron chi connectivity index (χ0n) is 20.8. The largest absolute Gasteiger partial charge is 0.508 e. The highest BCUT2D eigenvalue weighted by atomic mass is 28.4. The van der Waals surface area contributed by atoms with Crippen molar-refractivity contribution in [3.05, 3.63) is 29.8 Å². The maximum atomic E-state index is 10.7. The van der Waals surface area contributed by atoms with E-state index < -0.39 is 13.7 Å². The highest BCUT2D eigenvalue weighted by Crippen LogP contribution is 2.49. The molecule has 3 rings (SSSR count). The van der Waals surface area contributed by atoms with Gasteiger partial charge in [0.2, 0.25) is 0 Å². The summed E-state index contributed by atoms with van der Waals surface area (Å²) in [5, 5.41) is 21.2. The van der Waals surface area contributed by atoms with Gasteiger partial charge in [-0.05, 0) is 49.4 Å². The molecule has 2 bridgehead atoms. The standard InChI is InChI=1S/C25H43NO5Si/c1-24(2,3)32(5,6)31-23-12-11-20-13-21(23)25(16-27,17-30-18-29-4)15-26(20)14-19-9-7-8-10-22(19)28/h7-10,20-21,23,27-28H,11-18H2,1-6H3/t20?,21-,23-,25+/m0/s1. The van der Waals surface area contributed by atoms with Crippen molar-refractivity contribution in [3.63, 3.8) is 0 Å². The third kappa shape index (κ3) is 5.40. The third-order valence-corrected chi connectivity index (χ3v) is 12.6. The van der Waals surface area contributed by atoms with E-state index >= 15 is 0 Å². The molecule has 4 atom stereocenters. The number of hydrogen-bond acceptors (Lipinski definition) is 6. The molecular formula is C25H43NO5Si. The van der Waals surface area contributed by atoms with Crippen LogP contribution in [0, 0.1) is 11.3 Å². The van der Waals surface area contributed by atoms with Crippen molar-refractivity contribution in [1.29, 1.82) is 0 Å². The molecule has 1 saturated carbocycles. The lowest BCUT2D eigenvalue weighted by Gasteiger charge is -2.57. The van der Waals surface area contributed by atoms with E-state index in [1.807, 2.05) is 18.2 Å². The molecule has 1 aromatic carbocycles. The summed E-state index contributed by atoms with van der Waals surface area (Å²) in [5.74, 6) is 0.563. The van der Waals surface area contributed by atoms with Crippen molar-refractivity contribution < 1.29 is 24.1 Å². The van der Waals surface area contributed by atoms with Gasteiger partial charge in [0.1, 0.15) is 12.5 Å². The molecule has 32 heavy (non-hydrogen) atoms. The first-order chi connectivity index (χ1) is 15.0. The Morgan fingerprint density at radius 2 is 1.91 bits per heavy atom. The lowest BCUT2D eigenvalue weighted by Crippen LogP contribution is -2.63. The van der Waals surface area contributed by atoms with Gasteiger partial charge in [0, 0.05) is 43.3 Å². The predicted molar refractivity (Wildman–Crippen MR) is 129 cm³/mol. The number of aromatic hydroxyl groups is 1. The Bertz CT molecular complexity index is 752. The zero-order valence-corrected chi connectivity index (χ0v) is 21.8. The monoisotopic (exact) mass is 465 g/mol. The molecule has 1 unspecified atom stereocenters. The number of nitrogens with zero attached hydrogens (tertiary/aromatic N) is 1. The van der Waals surface area contributed by atoms with E-state index in [-0.39, 0.29) is 30.5 Å². The van der Waals surface area contributed by atoms with E-state index in [0.717, 1.165) is 24.8 Å². The number of fused-ring (bicyclic) bond motifs is 2. The maximum Gasteiger partial charge on any atom is 0.192 e. The van der Waals surface area contributed by atoms with Crippen LogP contribution in [0.4, 0.5) is 0 Å². The molecule has 7 heteroatoms. The molecule has 2 N–H and O–H groups in total. The van der Waals surface area contributed by atoms with Crippen molar-refractivity contribution >= 4 is 8.32 Å². The van der Waals surface area contributed by atoms with Crippen LogP contribution in [0.2, 0.25) is 18.1 Å². The lowest BCUT2D eigenvalue weighted by molar-refractivity contribution is -0.163. The summed E-state index contributed by atoms with van der Waals surface area (Å²) < 4.78 is 18.0. The van der Waals surface area contributed by atoms with E-state index in [9.17, 15) is 10.2 Å². The van der Waals surface area contributed by atoms with Gasteiger partial charge >= 0.3 is 0 Å². The molecule has 0 radical (unpaired) electrons. The molecule has 1 saturated heterocycles. The SMILES string of the molecule is COCOC[C@]1(CO)CN(Cc2ccccc2O)C2CC[C@H](O[Si](C)(C)C(C)(C)C)[C@@H]1C2. The number of aliphatic hydroxyl groups is 1. The minimum atomic E-state index is -1.94. The molecule has 182 valence electrons. The second-order valence-electron chi connectivity index (χ2n) is 11.3. The van der Waals surface area contributed by atoms with Crippen molar-refractivity contribution in [3.8, 4) is 5.75 Å². The van der Waals surface area contributed by atoms with Gasteiger partial charge in [-0.2, -0.15) is 0 Å². The number of benzene rings is 1. The molecule has 1 heterocycles. The minimum Gasteiger partial charge on any atom is -0.508 e. The first-order valence-corrected chi connectivity index (χ1v) is 14.8. The molecule has 0 spiro atoms. The maximum absolute atomic E-state index is 10.7. The molecule has 2 aliphatic rings. The number of phenols is 1. The first kappa shape index (κ1) is 25.7. The van der Waals surface area contributed by atoms with E-state index in [2.05, 4.69) is 38.8 Å². The van der Waals surface area contributed by atoms with E-state index in [4.69, 9.17) is 13.9 Å². The second-order valence-corrected chi connectivity index (χ2v) is 16.1. The van der Waals surface area contributed by atoms with Gasteiger partial charge in [-0.15, -0.1) is 0 Å². The second kappa shape index (κ2) is 10.1. The number of rotatable bonds is 9. The Morgan fingerprint density at radius 3 is 2.53 bits per heavy atom. The zero-order chi connectivity index (χ0) is 23.6. The van der Waals surface area contributed by atoms with Crippen LogP contribution in [0.3, 0.4) is 0 Å². The first-order valence-electron chi connectivity index (χ1n) is 11.9. The Morgan fingerprint density at radius 1 is 1.19 bits per heavy atom. The summed E-state index contributed by atoms with van der Waals surface area (Å²) in [4.78, 5) is 2.43. The topological polar surface area (TPSA) is 71.4 Å². The number of piperidine rings is 1. The number of methoxy groups -OCH3 is 1. The fourth-order valence-corrected chi connectivity index (χ4v) is 6.58. The van der Waals surface area contributed by atoms with Gasteiger partial charge < -0.3 is 24.1 Å². The molecule has 1 aliphatic heterocycles. The van der Waals surface area contributed by atoms with Crippen LogP contribution in [0.1, 0.15) is 45.6 Å². The Kier molecular flexibility index (Phi) is 8.11. The molecule has 6 nitrogen and oxygen atoms in total. The summed E-state index contributed by atoms with van der Waals surface area (Å²) in [6.07, 6.45) is 3.18. The van der Waals surface area contributed by atoms with E-state index in [1.54, 1.807) is 13.2 Å². The van der Waals surface area contributed by atoms with Crippen LogP contribution < -0.4 is 0 Å². The summed E-state index contributed by atoms with van der Waals surface area (Å²) in [6, 6.07) is 7.96. The van der Waals surface area contributed by atoms with Gasteiger partial charge in [0.25, 0.3) is 0 Å². The van der Waals surface area contributed by atoms with Gasteiger partial charge in [0.15, 0.2) is 8.32 Å². The van der Waals surface area contributed by atoms with Crippen LogP contribution in [-0.4, -0.2) is 69.2 Å². The number of ether oxygens (including phenoxy) is 2. The quantitative estimate of drug-likeness (QED) is 0.321. The predicted octanol–water partition coefficient (Wildman–Crippen LogP) is 4.37. The smallest absolute Gasteiger partial charge is 0.192 e. The van der Waals surface area contributed by atoms with Crippen molar-refractivity contribution in [2.45, 2.75) is 76.9 Å². The van der Waals surface area contributed by atoms with E-state index in [1.165, 1.54) is 0 Å². The average Bonchev–Trinajstić information content (AvgIpc) is 2.73. The molecule has 0 amide bonds. The van der Waals surface area contributed by atoms with Crippen molar-refractivity contribution in [1.82, 2.24) is 4.90 Å². The van der Waals surface area contributed by atoms with Crippen LogP contribution in [-0.2, 0) is 20.4 Å². The van der Waals surface area contributed by atoms with Gasteiger partial charge in [-0.25, -0.2) is 0 Å². The van der Waals surface area contributed by atoms with Gasteiger partial charge in [0.05, 0.1) is 13.2 Å². The molecule has 0 aromatic heterocycles. The van der Waals surface area contributed by atoms with Gasteiger partial charge in [-0.3, -0.25) is 4.90 Å². The Balaban J connectivity index is 1.87. The van der Waals surface area contributed by atoms with Crippen molar-refractivity contribution in [2.75, 3.05) is 33.7 Å². The molecule has 2 fully saturated rings. The number of aliphatic hydroxyl groups excluding tert-OH is 1. The number of likely N-dealkylation sites (tertiary alicyclic amines) is 1. The highest BCUT2D eigenvalue weighted by molar-refractivity contribution is 6.74. The number of para-hydroxylation sites is 1. The highest BCUT2D eigenvalue weighted by Gasteiger charge is 2.54. The summed E-state index contributed by atoms with van der Waals surface area (Å²) in [7, 11) is -0.319. The number of hydrogen-bond donors (Lipinski definition) is 2. The average molecular weight is 466 g/mol. The minimum absolute atomic E-state index is 0.0444. The van der Waals surface area contributed by atoms with Crippen LogP contribution in [0.5, 0.6) is 5.75 Å². The van der Waals surface area contributed by atoms with Crippen LogP contribution >= 0.6 is 0 Å². The van der Waals surface area contributed by atoms with E-state index in [0.29, 0.717) is 31.5 Å².